The number of imidazole rings is 1. The Labute approximate surface area is 141 Å². The molecular weight excluding hydrogens is 300 g/mol. The minimum atomic E-state index is 0.536. The Morgan fingerprint density at radius 1 is 1.04 bits per heavy atom. The first kappa shape index (κ1) is 15.1. The van der Waals surface area contributed by atoms with Crippen LogP contribution >= 0.6 is 0 Å². The molecule has 0 aliphatic carbocycles. The first-order valence-electron chi connectivity index (χ1n) is 8.52. The number of piperidine rings is 1. The van der Waals surface area contributed by atoms with Crippen LogP contribution < -0.4 is 0 Å². The Morgan fingerprint density at radius 3 is 2.71 bits per heavy atom. The summed E-state index contributed by atoms with van der Waals surface area (Å²) in [5.74, 6) is 0. The van der Waals surface area contributed by atoms with Gasteiger partial charge in [0.05, 0.1) is 12.9 Å². The molecule has 0 radical (unpaired) electrons. The first-order chi connectivity index (χ1) is 11.9. The number of hydrogen-bond acceptors (Lipinski definition) is 4. The van der Waals surface area contributed by atoms with Crippen LogP contribution in [-0.4, -0.2) is 41.8 Å². The zero-order chi connectivity index (χ0) is 16.2. The average Bonchev–Trinajstić information content (AvgIpc) is 3.31. The van der Waals surface area contributed by atoms with Gasteiger partial charge in [-0.05, 0) is 37.1 Å². The number of likely N-dealkylation sites (tertiary alicyclic amines) is 1. The Bertz CT molecular complexity index is 732. The molecule has 0 spiro atoms. The third-order valence-corrected chi connectivity index (χ3v) is 4.74. The van der Waals surface area contributed by atoms with Crippen molar-refractivity contribution < 1.29 is 0 Å². The van der Waals surface area contributed by atoms with Gasteiger partial charge < -0.3 is 4.57 Å². The van der Waals surface area contributed by atoms with Crippen LogP contribution in [0.3, 0.4) is 0 Å². The second kappa shape index (κ2) is 6.97. The van der Waals surface area contributed by atoms with E-state index in [1.165, 1.54) is 24.8 Å². The summed E-state index contributed by atoms with van der Waals surface area (Å²) in [6, 6.07) is 9.29. The number of benzene rings is 1. The molecule has 0 amide bonds. The highest BCUT2D eigenvalue weighted by Gasteiger charge is 2.23. The van der Waals surface area contributed by atoms with Crippen molar-refractivity contribution >= 4 is 0 Å². The molecule has 0 unspecified atom stereocenters. The standard InChI is InChI=1S/C18H22N6/c1-2-9-22(18(3-1)12-24-15-20-13-21-24)11-16-4-6-17(7-5-16)23-10-8-19-14-23/h4-8,10,13-15,18H,1-3,9,11-12H2/t18-/m1/s1. The molecule has 3 aromatic rings. The van der Waals surface area contributed by atoms with Gasteiger partial charge in [0.2, 0.25) is 0 Å². The second-order valence-corrected chi connectivity index (χ2v) is 6.37. The molecule has 1 aromatic carbocycles. The predicted molar refractivity (Wildman–Crippen MR) is 91.6 cm³/mol. The van der Waals surface area contributed by atoms with E-state index in [4.69, 9.17) is 0 Å². The highest BCUT2D eigenvalue weighted by atomic mass is 15.3. The van der Waals surface area contributed by atoms with Crippen LogP contribution in [-0.2, 0) is 13.1 Å². The van der Waals surface area contributed by atoms with Gasteiger partial charge in [-0.2, -0.15) is 5.10 Å². The van der Waals surface area contributed by atoms with Crippen LogP contribution in [0.25, 0.3) is 5.69 Å². The van der Waals surface area contributed by atoms with Crippen LogP contribution in [0.5, 0.6) is 0 Å². The lowest BCUT2D eigenvalue weighted by Gasteiger charge is -2.35. The zero-order valence-corrected chi connectivity index (χ0v) is 13.7. The molecule has 1 atom stereocenters. The van der Waals surface area contributed by atoms with E-state index in [-0.39, 0.29) is 0 Å². The fourth-order valence-electron chi connectivity index (χ4n) is 3.44. The molecule has 6 heteroatoms. The summed E-state index contributed by atoms with van der Waals surface area (Å²) in [5.41, 5.74) is 2.50. The number of aromatic nitrogens is 5. The largest absolute Gasteiger partial charge is 0.306 e. The average molecular weight is 322 g/mol. The van der Waals surface area contributed by atoms with E-state index < -0.39 is 0 Å². The van der Waals surface area contributed by atoms with Gasteiger partial charge in [-0.3, -0.25) is 9.58 Å². The SMILES string of the molecule is c1cn(-c2ccc(CN3CCCC[C@@H]3Cn3cncn3)cc2)cn1. The van der Waals surface area contributed by atoms with Crippen LogP contribution in [0, 0.1) is 0 Å². The van der Waals surface area contributed by atoms with Crippen LogP contribution in [0.15, 0.2) is 55.6 Å². The molecule has 4 rings (SSSR count). The quantitative estimate of drug-likeness (QED) is 0.724. The highest BCUT2D eigenvalue weighted by molar-refractivity contribution is 5.34. The third-order valence-electron chi connectivity index (χ3n) is 4.74. The summed E-state index contributed by atoms with van der Waals surface area (Å²) in [7, 11) is 0. The van der Waals surface area contributed by atoms with Gasteiger partial charge in [0.15, 0.2) is 0 Å². The van der Waals surface area contributed by atoms with E-state index in [2.05, 4.69) is 44.2 Å². The van der Waals surface area contributed by atoms with Gasteiger partial charge in [0, 0.05) is 30.7 Å². The van der Waals surface area contributed by atoms with Crippen molar-refractivity contribution in [3.05, 3.63) is 61.2 Å². The molecule has 2 aromatic heterocycles. The number of nitrogens with zero attached hydrogens (tertiary/aromatic N) is 6. The lowest BCUT2D eigenvalue weighted by Crippen LogP contribution is -2.41. The maximum Gasteiger partial charge on any atom is 0.137 e. The summed E-state index contributed by atoms with van der Waals surface area (Å²) >= 11 is 0. The molecule has 0 N–H and O–H groups in total. The van der Waals surface area contributed by atoms with Crippen molar-refractivity contribution in [2.75, 3.05) is 6.54 Å². The van der Waals surface area contributed by atoms with Crippen LogP contribution in [0.1, 0.15) is 24.8 Å². The van der Waals surface area contributed by atoms with Crippen molar-refractivity contribution in [1.29, 1.82) is 0 Å². The Kier molecular flexibility index (Phi) is 4.38. The second-order valence-electron chi connectivity index (χ2n) is 6.37. The van der Waals surface area contributed by atoms with Crippen molar-refractivity contribution in [1.82, 2.24) is 29.2 Å². The molecule has 1 saturated heterocycles. The summed E-state index contributed by atoms with van der Waals surface area (Å²) in [4.78, 5) is 10.7. The Balaban J connectivity index is 1.44. The lowest BCUT2D eigenvalue weighted by molar-refractivity contribution is 0.122. The summed E-state index contributed by atoms with van der Waals surface area (Å²) in [5, 5.41) is 4.26. The Morgan fingerprint density at radius 2 is 1.96 bits per heavy atom. The summed E-state index contributed by atoms with van der Waals surface area (Å²) in [6.45, 7) is 3.07. The van der Waals surface area contributed by atoms with E-state index in [9.17, 15) is 0 Å². The topological polar surface area (TPSA) is 51.8 Å². The molecule has 124 valence electrons. The van der Waals surface area contributed by atoms with E-state index in [0.29, 0.717) is 6.04 Å². The summed E-state index contributed by atoms with van der Waals surface area (Å²) in [6.07, 6.45) is 12.8. The maximum atomic E-state index is 4.26. The molecule has 6 nitrogen and oxygen atoms in total. The molecule has 0 saturated carbocycles. The van der Waals surface area contributed by atoms with E-state index in [1.54, 1.807) is 12.5 Å². The van der Waals surface area contributed by atoms with Crippen LogP contribution in [0.4, 0.5) is 0 Å². The fraction of sp³-hybridized carbons (Fsp3) is 0.389. The fourth-order valence-corrected chi connectivity index (χ4v) is 3.44. The van der Waals surface area contributed by atoms with Crippen LogP contribution in [0.2, 0.25) is 0 Å². The Hall–Kier alpha value is -2.47. The molecule has 1 aliphatic heterocycles. The molecule has 1 aliphatic rings. The molecule has 24 heavy (non-hydrogen) atoms. The number of hydrogen-bond donors (Lipinski definition) is 0. The molecule has 1 fully saturated rings. The lowest BCUT2D eigenvalue weighted by atomic mass is 10.0. The van der Waals surface area contributed by atoms with E-state index in [0.717, 1.165) is 25.3 Å². The smallest absolute Gasteiger partial charge is 0.137 e. The third kappa shape index (κ3) is 3.38. The maximum absolute atomic E-state index is 4.26. The normalized spacial score (nSPS) is 18.8. The minimum Gasteiger partial charge on any atom is -0.306 e. The highest BCUT2D eigenvalue weighted by Crippen LogP contribution is 2.21. The van der Waals surface area contributed by atoms with Gasteiger partial charge in [0.25, 0.3) is 0 Å². The van der Waals surface area contributed by atoms with E-state index in [1.807, 2.05) is 28.1 Å². The minimum absolute atomic E-state index is 0.536. The van der Waals surface area contributed by atoms with E-state index >= 15 is 0 Å². The van der Waals surface area contributed by atoms with Gasteiger partial charge in [0.1, 0.15) is 12.7 Å². The van der Waals surface area contributed by atoms with Gasteiger partial charge in [-0.15, -0.1) is 0 Å². The molecular formula is C18H22N6. The first-order valence-corrected chi connectivity index (χ1v) is 8.52. The van der Waals surface area contributed by atoms with Crippen molar-refractivity contribution in [3.8, 4) is 5.69 Å². The van der Waals surface area contributed by atoms with Crippen molar-refractivity contribution in [2.24, 2.45) is 0 Å². The van der Waals surface area contributed by atoms with Gasteiger partial charge in [-0.1, -0.05) is 18.6 Å². The zero-order valence-electron chi connectivity index (χ0n) is 13.7. The van der Waals surface area contributed by atoms with Gasteiger partial charge >= 0.3 is 0 Å². The monoisotopic (exact) mass is 322 g/mol. The van der Waals surface area contributed by atoms with Crippen molar-refractivity contribution in [2.45, 2.75) is 38.4 Å². The number of rotatable bonds is 5. The molecule has 3 heterocycles. The summed E-state index contributed by atoms with van der Waals surface area (Å²) < 4.78 is 3.98. The van der Waals surface area contributed by atoms with Gasteiger partial charge in [-0.25, -0.2) is 9.97 Å². The molecule has 0 bridgehead atoms. The van der Waals surface area contributed by atoms with Crippen molar-refractivity contribution in [3.63, 3.8) is 0 Å². The predicted octanol–water partition coefficient (Wildman–Crippen LogP) is 2.52.